The average molecular weight is 631 g/mol. The SMILES string of the molecule is CC.CC1(C)c2ccccc2-c2cc3c4cc(-c5ccc6c(c5)c5ccccc5n6-c5ccccc5)ccc4n(-c4ccccc4)c3cc21. The van der Waals surface area contributed by atoms with Crippen molar-refractivity contribution in [3.05, 3.63) is 169 Å². The molecule has 0 unspecified atom stereocenters. The predicted octanol–water partition coefficient (Wildman–Crippen LogP) is 12.9. The molecule has 9 aromatic rings. The normalized spacial score (nSPS) is 13.1. The summed E-state index contributed by atoms with van der Waals surface area (Å²) in [6.45, 7) is 8.73. The topological polar surface area (TPSA) is 9.86 Å². The highest BCUT2D eigenvalue weighted by Gasteiger charge is 2.36. The van der Waals surface area contributed by atoms with Crippen LogP contribution in [0, 0.1) is 0 Å². The first-order chi connectivity index (χ1) is 24.1. The Morgan fingerprint density at radius 3 is 1.51 bits per heavy atom. The zero-order valence-corrected chi connectivity index (χ0v) is 28.4. The van der Waals surface area contributed by atoms with Crippen molar-refractivity contribution in [2.75, 3.05) is 0 Å². The summed E-state index contributed by atoms with van der Waals surface area (Å²) in [5.74, 6) is 0. The van der Waals surface area contributed by atoms with Crippen molar-refractivity contribution in [3.63, 3.8) is 0 Å². The van der Waals surface area contributed by atoms with E-state index in [4.69, 9.17) is 0 Å². The van der Waals surface area contributed by atoms with Gasteiger partial charge in [-0.1, -0.05) is 119 Å². The van der Waals surface area contributed by atoms with E-state index in [1.165, 1.54) is 88.4 Å². The lowest BCUT2D eigenvalue weighted by atomic mass is 9.82. The molecule has 7 aromatic carbocycles. The molecule has 0 fully saturated rings. The fourth-order valence-corrected chi connectivity index (χ4v) is 8.26. The maximum atomic E-state index is 2.46. The van der Waals surface area contributed by atoms with E-state index in [2.05, 4.69) is 181 Å². The van der Waals surface area contributed by atoms with Gasteiger partial charge in [-0.15, -0.1) is 0 Å². The number of hydrogen-bond acceptors (Lipinski definition) is 0. The van der Waals surface area contributed by atoms with Gasteiger partial charge < -0.3 is 9.13 Å². The maximum Gasteiger partial charge on any atom is 0.0544 e. The van der Waals surface area contributed by atoms with E-state index in [9.17, 15) is 0 Å². The zero-order chi connectivity index (χ0) is 33.3. The number of benzene rings is 7. The molecule has 0 aliphatic heterocycles. The summed E-state index contributed by atoms with van der Waals surface area (Å²) in [4.78, 5) is 0. The first-order valence-corrected chi connectivity index (χ1v) is 17.4. The van der Waals surface area contributed by atoms with Crippen molar-refractivity contribution in [1.82, 2.24) is 9.13 Å². The number of rotatable bonds is 3. The highest BCUT2D eigenvalue weighted by Crippen LogP contribution is 2.51. The van der Waals surface area contributed by atoms with Gasteiger partial charge in [-0.2, -0.15) is 0 Å². The van der Waals surface area contributed by atoms with Gasteiger partial charge in [0.05, 0.1) is 22.1 Å². The Kier molecular flexibility index (Phi) is 6.64. The number of aromatic nitrogens is 2. The summed E-state index contributed by atoms with van der Waals surface area (Å²) < 4.78 is 4.83. The molecule has 2 nitrogen and oxygen atoms in total. The highest BCUT2D eigenvalue weighted by molar-refractivity contribution is 6.14. The Morgan fingerprint density at radius 2 is 0.857 bits per heavy atom. The van der Waals surface area contributed by atoms with E-state index in [1.807, 2.05) is 13.8 Å². The van der Waals surface area contributed by atoms with Gasteiger partial charge in [0.1, 0.15) is 0 Å². The van der Waals surface area contributed by atoms with Gasteiger partial charge in [0, 0.05) is 38.3 Å². The van der Waals surface area contributed by atoms with E-state index in [0.717, 1.165) is 0 Å². The molecule has 0 saturated heterocycles. The molecule has 1 aliphatic rings. The van der Waals surface area contributed by atoms with Crippen LogP contribution in [0.1, 0.15) is 38.8 Å². The highest BCUT2D eigenvalue weighted by atomic mass is 15.0. The molecular weight excluding hydrogens is 593 g/mol. The number of para-hydroxylation sites is 3. The van der Waals surface area contributed by atoms with E-state index < -0.39 is 0 Å². The molecule has 0 N–H and O–H groups in total. The fourth-order valence-electron chi connectivity index (χ4n) is 8.26. The van der Waals surface area contributed by atoms with Crippen molar-refractivity contribution in [2.45, 2.75) is 33.1 Å². The van der Waals surface area contributed by atoms with Gasteiger partial charge in [-0.3, -0.25) is 0 Å². The number of hydrogen-bond donors (Lipinski definition) is 0. The standard InChI is InChI=1S/C45H32N2.C2H6/c1-45(2)39-19-11-9-17-33(39)35-27-38-37-26-30(22-24-43(37)47(44(38)28-40(35)45)32-15-7-4-8-16-32)29-21-23-42-36(25-29)34-18-10-12-20-41(34)46(42)31-13-5-3-6-14-31;1-2/h3-28H,1-2H3;1-2H3. The molecule has 0 amide bonds. The maximum absolute atomic E-state index is 2.46. The van der Waals surface area contributed by atoms with E-state index in [1.54, 1.807) is 0 Å². The van der Waals surface area contributed by atoms with Gasteiger partial charge >= 0.3 is 0 Å². The minimum Gasteiger partial charge on any atom is -0.309 e. The second-order valence-electron chi connectivity index (χ2n) is 13.4. The molecule has 2 heteroatoms. The van der Waals surface area contributed by atoms with Crippen LogP contribution in [0.2, 0.25) is 0 Å². The van der Waals surface area contributed by atoms with Crippen LogP contribution < -0.4 is 0 Å². The predicted molar refractivity (Wildman–Crippen MR) is 209 cm³/mol. The number of fused-ring (bicyclic) bond motifs is 9. The molecule has 236 valence electrons. The molecule has 0 radical (unpaired) electrons. The fraction of sp³-hybridized carbons (Fsp3) is 0.106. The minimum absolute atomic E-state index is 0.0579. The quantitative estimate of drug-likeness (QED) is 0.184. The lowest BCUT2D eigenvalue weighted by molar-refractivity contribution is 0.661. The molecule has 2 aromatic heterocycles. The molecule has 49 heavy (non-hydrogen) atoms. The van der Waals surface area contributed by atoms with Crippen LogP contribution in [0.15, 0.2) is 158 Å². The lowest BCUT2D eigenvalue weighted by Crippen LogP contribution is -2.14. The van der Waals surface area contributed by atoms with E-state index in [-0.39, 0.29) is 5.41 Å². The molecule has 0 bridgehead atoms. The van der Waals surface area contributed by atoms with Crippen LogP contribution in [0.5, 0.6) is 0 Å². The van der Waals surface area contributed by atoms with Crippen molar-refractivity contribution >= 4 is 43.6 Å². The van der Waals surface area contributed by atoms with Crippen molar-refractivity contribution in [2.24, 2.45) is 0 Å². The minimum atomic E-state index is -0.0579. The average Bonchev–Trinajstić information content (AvgIpc) is 3.75. The Balaban J connectivity index is 0.00000160. The van der Waals surface area contributed by atoms with Crippen LogP contribution in [0.4, 0.5) is 0 Å². The smallest absolute Gasteiger partial charge is 0.0544 e. The molecule has 0 saturated carbocycles. The number of nitrogens with zero attached hydrogens (tertiary/aromatic N) is 2. The molecule has 10 rings (SSSR count). The van der Waals surface area contributed by atoms with Gasteiger partial charge in [0.25, 0.3) is 0 Å². The monoisotopic (exact) mass is 630 g/mol. The third-order valence-electron chi connectivity index (χ3n) is 10.5. The van der Waals surface area contributed by atoms with Crippen LogP contribution in [-0.2, 0) is 5.41 Å². The third-order valence-corrected chi connectivity index (χ3v) is 10.5. The zero-order valence-electron chi connectivity index (χ0n) is 28.4. The Morgan fingerprint density at radius 1 is 0.367 bits per heavy atom. The summed E-state index contributed by atoms with van der Waals surface area (Å²) in [7, 11) is 0. The first kappa shape index (κ1) is 29.3. The molecule has 1 aliphatic carbocycles. The second-order valence-corrected chi connectivity index (χ2v) is 13.4. The van der Waals surface area contributed by atoms with Crippen LogP contribution in [0.3, 0.4) is 0 Å². The Labute approximate surface area is 287 Å². The van der Waals surface area contributed by atoms with Gasteiger partial charge in [-0.05, 0) is 100 Å². The molecule has 0 spiro atoms. The summed E-state index contributed by atoms with van der Waals surface area (Å²) in [5, 5.41) is 5.11. The van der Waals surface area contributed by atoms with E-state index in [0.29, 0.717) is 0 Å². The summed E-state index contributed by atoms with van der Waals surface area (Å²) in [5.41, 5.74) is 15.2. The molecule has 2 heterocycles. The molecular formula is C47H38N2. The van der Waals surface area contributed by atoms with E-state index >= 15 is 0 Å². The first-order valence-electron chi connectivity index (χ1n) is 17.4. The van der Waals surface area contributed by atoms with Gasteiger partial charge in [0.2, 0.25) is 0 Å². The molecule has 0 atom stereocenters. The van der Waals surface area contributed by atoms with Crippen molar-refractivity contribution in [1.29, 1.82) is 0 Å². The van der Waals surface area contributed by atoms with Crippen molar-refractivity contribution in [3.8, 4) is 33.6 Å². The van der Waals surface area contributed by atoms with Gasteiger partial charge in [0.15, 0.2) is 0 Å². The third kappa shape index (κ3) is 4.27. The second kappa shape index (κ2) is 11.1. The summed E-state index contributed by atoms with van der Waals surface area (Å²) in [6.07, 6.45) is 0. The van der Waals surface area contributed by atoms with Crippen LogP contribution in [0.25, 0.3) is 77.2 Å². The Hall–Kier alpha value is -5.86. The largest absolute Gasteiger partial charge is 0.309 e. The summed E-state index contributed by atoms with van der Waals surface area (Å²) >= 11 is 0. The lowest BCUT2D eigenvalue weighted by Gasteiger charge is -2.21. The van der Waals surface area contributed by atoms with Gasteiger partial charge in [-0.25, -0.2) is 0 Å². The van der Waals surface area contributed by atoms with Crippen molar-refractivity contribution < 1.29 is 0 Å². The van der Waals surface area contributed by atoms with Crippen LogP contribution >= 0.6 is 0 Å². The Bertz CT molecular complexity index is 2690. The summed E-state index contributed by atoms with van der Waals surface area (Å²) in [6, 6.07) is 58.1. The van der Waals surface area contributed by atoms with Crippen LogP contribution in [-0.4, -0.2) is 9.13 Å².